The van der Waals surface area contributed by atoms with Crippen molar-refractivity contribution in [1.82, 2.24) is 14.9 Å². The molecule has 0 fully saturated rings. The molecule has 1 heterocycles. The Labute approximate surface area is 137 Å². The van der Waals surface area contributed by atoms with Crippen LogP contribution >= 0.6 is 23.2 Å². The Morgan fingerprint density at radius 2 is 2.00 bits per heavy atom. The third-order valence-electron chi connectivity index (χ3n) is 3.46. The molecule has 0 saturated heterocycles. The Bertz CT molecular complexity index is 858. The minimum atomic E-state index is -0.256. The maximum absolute atomic E-state index is 12.2. The average molecular weight is 334 g/mol. The molecular weight excluding hydrogens is 321 g/mol. The monoisotopic (exact) mass is 333 g/mol. The number of fused-ring (bicyclic) bond motifs is 1. The lowest BCUT2D eigenvalue weighted by Gasteiger charge is -2.07. The Balaban J connectivity index is 1.79. The van der Waals surface area contributed by atoms with Gasteiger partial charge in [-0.25, -0.2) is 4.98 Å². The van der Waals surface area contributed by atoms with Gasteiger partial charge in [0, 0.05) is 12.1 Å². The van der Waals surface area contributed by atoms with E-state index in [2.05, 4.69) is 10.3 Å². The highest BCUT2D eigenvalue weighted by Crippen LogP contribution is 2.21. The summed E-state index contributed by atoms with van der Waals surface area (Å²) in [6, 6.07) is 12.6. The Morgan fingerprint density at radius 1 is 1.23 bits per heavy atom. The van der Waals surface area contributed by atoms with Crippen LogP contribution in [-0.4, -0.2) is 15.5 Å². The van der Waals surface area contributed by atoms with Crippen LogP contribution in [0.25, 0.3) is 11.0 Å². The molecule has 0 unspecified atom stereocenters. The van der Waals surface area contributed by atoms with Gasteiger partial charge in [-0.2, -0.15) is 0 Å². The van der Waals surface area contributed by atoms with Crippen LogP contribution in [0, 0.1) is 0 Å². The predicted octanol–water partition coefficient (Wildman–Crippen LogP) is 3.81. The molecule has 0 saturated carbocycles. The highest BCUT2D eigenvalue weighted by Gasteiger charge is 2.12. The fourth-order valence-corrected chi connectivity index (χ4v) is 2.78. The van der Waals surface area contributed by atoms with E-state index in [4.69, 9.17) is 23.2 Å². The van der Waals surface area contributed by atoms with Crippen molar-refractivity contribution < 1.29 is 4.79 Å². The molecule has 22 heavy (non-hydrogen) atoms. The van der Waals surface area contributed by atoms with Crippen LogP contribution < -0.4 is 5.32 Å². The normalized spacial score (nSPS) is 10.9. The first kappa shape index (κ1) is 14.9. The molecule has 1 amide bonds. The minimum Gasteiger partial charge on any atom is -0.345 e. The van der Waals surface area contributed by atoms with Gasteiger partial charge in [-0.15, -0.1) is 0 Å². The van der Waals surface area contributed by atoms with Gasteiger partial charge in [0.05, 0.1) is 28.2 Å². The van der Waals surface area contributed by atoms with Crippen LogP contribution in [0.15, 0.2) is 42.5 Å². The number of carbonyl (C=O) groups is 1. The van der Waals surface area contributed by atoms with E-state index < -0.39 is 0 Å². The van der Waals surface area contributed by atoms with E-state index in [1.807, 2.05) is 35.9 Å². The first-order chi connectivity index (χ1) is 10.6. The number of hydrogen-bond acceptors (Lipinski definition) is 2. The summed E-state index contributed by atoms with van der Waals surface area (Å²) in [4.78, 5) is 16.7. The van der Waals surface area contributed by atoms with Gasteiger partial charge in [0.1, 0.15) is 5.82 Å². The Morgan fingerprint density at radius 3 is 2.73 bits per heavy atom. The van der Waals surface area contributed by atoms with Crippen molar-refractivity contribution in [3.63, 3.8) is 0 Å². The second kappa shape index (κ2) is 5.99. The van der Waals surface area contributed by atoms with Crippen LogP contribution in [0.5, 0.6) is 0 Å². The maximum Gasteiger partial charge on any atom is 0.253 e. The minimum absolute atomic E-state index is 0.256. The number of imidazole rings is 1. The molecule has 0 radical (unpaired) electrons. The molecular formula is C16H13Cl2N3O. The fourth-order valence-electron chi connectivity index (χ4n) is 2.28. The average Bonchev–Trinajstić information content (AvgIpc) is 2.82. The second-order valence-electron chi connectivity index (χ2n) is 4.88. The summed E-state index contributed by atoms with van der Waals surface area (Å²) in [5, 5.41) is 3.65. The largest absolute Gasteiger partial charge is 0.345 e. The number of nitrogens with one attached hydrogen (secondary N) is 1. The van der Waals surface area contributed by atoms with Crippen molar-refractivity contribution in [3.05, 3.63) is 63.9 Å². The molecule has 0 spiro atoms. The van der Waals surface area contributed by atoms with Crippen molar-refractivity contribution in [2.24, 2.45) is 7.05 Å². The summed E-state index contributed by atoms with van der Waals surface area (Å²) in [6.07, 6.45) is 0. The lowest BCUT2D eigenvalue weighted by Crippen LogP contribution is -2.24. The van der Waals surface area contributed by atoms with Gasteiger partial charge in [0.2, 0.25) is 0 Å². The van der Waals surface area contributed by atoms with E-state index in [1.165, 1.54) is 0 Å². The van der Waals surface area contributed by atoms with Crippen molar-refractivity contribution in [2.45, 2.75) is 6.54 Å². The summed E-state index contributed by atoms with van der Waals surface area (Å²) in [5.41, 5.74) is 2.32. The van der Waals surface area contributed by atoms with Gasteiger partial charge in [-0.3, -0.25) is 4.79 Å². The molecule has 0 bridgehead atoms. The van der Waals surface area contributed by atoms with E-state index in [0.717, 1.165) is 16.9 Å². The third-order valence-corrected chi connectivity index (χ3v) is 4.01. The lowest BCUT2D eigenvalue weighted by atomic mass is 10.2. The van der Waals surface area contributed by atoms with E-state index in [0.29, 0.717) is 22.2 Å². The molecule has 0 aliphatic carbocycles. The lowest BCUT2D eigenvalue weighted by molar-refractivity contribution is 0.0950. The standard InChI is InChI=1S/C16H13Cl2N3O/c1-21-14-5-3-2-4-13(14)20-15(21)9-19-16(22)11-7-6-10(17)8-12(11)18/h2-8H,9H2,1H3,(H,19,22). The maximum atomic E-state index is 12.2. The molecule has 4 nitrogen and oxygen atoms in total. The number of para-hydroxylation sites is 2. The SMILES string of the molecule is Cn1c(CNC(=O)c2ccc(Cl)cc2Cl)nc2ccccc21. The molecule has 3 aromatic rings. The highest BCUT2D eigenvalue weighted by atomic mass is 35.5. The van der Waals surface area contributed by atoms with Gasteiger partial charge < -0.3 is 9.88 Å². The Kier molecular flexibility index (Phi) is 4.05. The molecule has 112 valence electrons. The third kappa shape index (κ3) is 2.80. The number of hydrogen-bond donors (Lipinski definition) is 1. The van der Waals surface area contributed by atoms with Gasteiger partial charge in [-0.05, 0) is 30.3 Å². The quantitative estimate of drug-likeness (QED) is 0.792. The van der Waals surface area contributed by atoms with Crippen molar-refractivity contribution in [3.8, 4) is 0 Å². The summed E-state index contributed by atoms with van der Waals surface area (Å²) < 4.78 is 1.96. The number of amides is 1. The Hall–Kier alpha value is -2.04. The number of aryl methyl sites for hydroxylation is 1. The van der Waals surface area contributed by atoms with Crippen LogP contribution in [0.4, 0.5) is 0 Å². The molecule has 1 aromatic heterocycles. The zero-order valence-electron chi connectivity index (χ0n) is 11.8. The number of carbonyl (C=O) groups excluding carboxylic acids is 1. The van der Waals surface area contributed by atoms with Crippen LogP contribution in [0.1, 0.15) is 16.2 Å². The summed E-state index contributed by atoms with van der Waals surface area (Å²) in [5.74, 6) is 0.522. The number of rotatable bonds is 3. The summed E-state index contributed by atoms with van der Waals surface area (Å²) in [6.45, 7) is 0.322. The molecule has 1 N–H and O–H groups in total. The topological polar surface area (TPSA) is 46.9 Å². The van der Waals surface area contributed by atoms with E-state index in [-0.39, 0.29) is 5.91 Å². The van der Waals surface area contributed by atoms with Gasteiger partial charge in [0.15, 0.2) is 0 Å². The van der Waals surface area contributed by atoms with Crippen molar-refractivity contribution >= 4 is 40.1 Å². The zero-order chi connectivity index (χ0) is 15.7. The highest BCUT2D eigenvalue weighted by molar-refractivity contribution is 6.36. The van der Waals surface area contributed by atoms with E-state index in [9.17, 15) is 4.79 Å². The zero-order valence-corrected chi connectivity index (χ0v) is 13.3. The number of halogens is 2. The van der Waals surface area contributed by atoms with Crippen molar-refractivity contribution in [1.29, 1.82) is 0 Å². The molecule has 0 aliphatic heterocycles. The van der Waals surface area contributed by atoms with Crippen LogP contribution in [0.3, 0.4) is 0 Å². The van der Waals surface area contributed by atoms with E-state index >= 15 is 0 Å². The summed E-state index contributed by atoms with van der Waals surface area (Å²) in [7, 11) is 1.92. The number of benzene rings is 2. The number of aromatic nitrogens is 2. The molecule has 3 rings (SSSR count). The van der Waals surface area contributed by atoms with E-state index in [1.54, 1.807) is 18.2 Å². The molecule has 0 atom stereocenters. The number of nitrogens with zero attached hydrogens (tertiary/aromatic N) is 2. The van der Waals surface area contributed by atoms with Gasteiger partial charge >= 0.3 is 0 Å². The smallest absolute Gasteiger partial charge is 0.253 e. The predicted molar refractivity (Wildman–Crippen MR) is 88.3 cm³/mol. The van der Waals surface area contributed by atoms with Crippen molar-refractivity contribution in [2.75, 3.05) is 0 Å². The van der Waals surface area contributed by atoms with Crippen LogP contribution in [-0.2, 0) is 13.6 Å². The fraction of sp³-hybridized carbons (Fsp3) is 0.125. The molecule has 0 aliphatic rings. The van der Waals surface area contributed by atoms with Gasteiger partial charge in [-0.1, -0.05) is 35.3 Å². The molecule has 6 heteroatoms. The van der Waals surface area contributed by atoms with Crippen LogP contribution in [0.2, 0.25) is 10.0 Å². The molecule has 2 aromatic carbocycles. The summed E-state index contributed by atoms with van der Waals surface area (Å²) >= 11 is 11.9. The first-order valence-corrected chi connectivity index (χ1v) is 7.45. The van der Waals surface area contributed by atoms with Gasteiger partial charge in [0.25, 0.3) is 5.91 Å². The first-order valence-electron chi connectivity index (χ1n) is 6.70. The second-order valence-corrected chi connectivity index (χ2v) is 5.73.